The van der Waals surface area contributed by atoms with Gasteiger partial charge in [0.1, 0.15) is 12.2 Å². The summed E-state index contributed by atoms with van der Waals surface area (Å²) in [6.45, 7) is 6.80. The van der Waals surface area contributed by atoms with Crippen LogP contribution in [0.15, 0.2) is 6.33 Å². The second-order valence-electron chi connectivity index (χ2n) is 3.50. The van der Waals surface area contributed by atoms with E-state index in [4.69, 9.17) is 5.11 Å². The summed E-state index contributed by atoms with van der Waals surface area (Å²) in [6.07, 6.45) is 1.69. The van der Waals surface area contributed by atoms with Gasteiger partial charge in [-0.2, -0.15) is 5.10 Å². The highest BCUT2D eigenvalue weighted by Crippen LogP contribution is 2.02. The van der Waals surface area contributed by atoms with Gasteiger partial charge >= 0.3 is 5.97 Å². The van der Waals surface area contributed by atoms with Crippen molar-refractivity contribution in [3.05, 3.63) is 12.2 Å². The van der Waals surface area contributed by atoms with Gasteiger partial charge in [-0.3, -0.25) is 9.69 Å². The molecule has 1 heterocycles. The Balaban J connectivity index is 2.52. The molecule has 1 rings (SSSR count). The van der Waals surface area contributed by atoms with Crippen molar-refractivity contribution in [2.45, 2.75) is 33.4 Å². The summed E-state index contributed by atoms with van der Waals surface area (Å²) in [6, 6.07) is 0. The van der Waals surface area contributed by atoms with E-state index in [1.807, 2.05) is 23.4 Å². The third kappa shape index (κ3) is 3.62. The SMILES string of the molecule is CCN(CCC(=O)O)Cc1ncnn1CC. The lowest BCUT2D eigenvalue weighted by molar-refractivity contribution is -0.137. The number of rotatable bonds is 7. The lowest BCUT2D eigenvalue weighted by Gasteiger charge is -2.18. The molecule has 1 aromatic rings. The van der Waals surface area contributed by atoms with Gasteiger partial charge in [-0.25, -0.2) is 9.67 Å². The third-order valence-electron chi connectivity index (χ3n) is 2.45. The largest absolute Gasteiger partial charge is 0.481 e. The molecule has 90 valence electrons. The topological polar surface area (TPSA) is 71.2 Å². The van der Waals surface area contributed by atoms with Gasteiger partial charge in [0.25, 0.3) is 0 Å². The number of aliphatic carboxylic acids is 1. The molecule has 0 saturated carbocycles. The van der Waals surface area contributed by atoms with Gasteiger partial charge in [-0.1, -0.05) is 6.92 Å². The van der Waals surface area contributed by atoms with Crippen molar-refractivity contribution in [1.29, 1.82) is 0 Å². The van der Waals surface area contributed by atoms with Crippen LogP contribution in [0.5, 0.6) is 0 Å². The fourth-order valence-corrected chi connectivity index (χ4v) is 1.48. The molecule has 1 N–H and O–H groups in total. The molecule has 6 nitrogen and oxygen atoms in total. The zero-order valence-electron chi connectivity index (χ0n) is 9.76. The van der Waals surface area contributed by atoms with Crippen molar-refractivity contribution in [2.24, 2.45) is 0 Å². The Morgan fingerprint density at radius 3 is 2.88 bits per heavy atom. The Morgan fingerprint density at radius 2 is 2.31 bits per heavy atom. The van der Waals surface area contributed by atoms with Crippen LogP contribution in [0.25, 0.3) is 0 Å². The monoisotopic (exact) mass is 226 g/mol. The highest BCUT2D eigenvalue weighted by Gasteiger charge is 2.10. The smallest absolute Gasteiger partial charge is 0.304 e. The Kier molecular flexibility index (Phi) is 4.91. The fourth-order valence-electron chi connectivity index (χ4n) is 1.48. The van der Waals surface area contributed by atoms with Crippen LogP contribution in [0, 0.1) is 0 Å². The molecule has 0 atom stereocenters. The molecular weight excluding hydrogens is 208 g/mol. The predicted molar refractivity (Wildman–Crippen MR) is 58.9 cm³/mol. The molecule has 0 aliphatic rings. The number of carbonyl (C=O) groups is 1. The van der Waals surface area contributed by atoms with E-state index >= 15 is 0 Å². The molecule has 0 radical (unpaired) electrons. The maximum Gasteiger partial charge on any atom is 0.304 e. The van der Waals surface area contributed by atoms with Crippen LogP contribution in [0.3, 0.4) is 0 Å². The average molecular weight is 226 g/mol. The highest BCUT2D eigenvalue weighted by molar-refractivity contribution is 5.66. The normalized spacial score (nSPS) is 10.9. The Labute approximate surface area is 94.9 Å². The molecule has 0 aliphatic carbocycles. The average Bonchev–Trinajstić information content (AvgIpc) is 2.70. The Hall–Kier alpha value is -1.43. The van der Waals surface area contributed by atoms with Gasteiger partial charge in [0, 0.05) is 13.1 Å². The first kappa shape index (κ1) is 12.6. The van der Waals surface area contributed by atoms with E-state index in [9.17, 15) is 4.79 Å². The van der Waals surface area contributed by atoms with Gasteiger partial charge in [-0.15, -0.1) is 0 Å². The van der Waals surface area contributed by atoms with Crippen LogP contribution >= 0.6 is 0 Å². The van der Waals surface area contributed by atoms with Crippen LogP contribution in [-0.4, -0.2) is 43.8 Å². The van der Waals surface area contributed by atoms with Gasteiger partial charge in [0.2, 0.25) is 0 Å². The number of hydrogen-bond acceptors (Lipinski definition) is 4. The van der Waals surface area contributed by atoms with Gasteiger partial charge in [-0.05, 0) is 13.5 Å². The Bertz CT molecular complexity index is 337. The number of nitrogens with zero attached hydrogens (tertiary/aromatic N) is 4. The van der Waals surface area contributed by atoms with Gasteiger partial charge in [0.05, 0.1) is 13.0 Å². The van der Waals surface area contributed by atoms with E-state index in [1.54, 1.807) is 0 Å². The molecule has 0 saturated heterocycles. The summed E-state index contributed by atoms with van der Waals surface area (Å²) in [7, 11) is 0. The predicted octanol–water partition coefficient (Wildman–Crippen LogP) is 0.595. The van der Waals surface area contributed by atoms with Crippen molar-refractivity contribution in [1.82, 2.24) is 19.7 Å². The summed E-state index contributed by atoms with van der Waals surface area (Å²) < 4.78 is 1.82. The molecule has 0 amide bonds. The summed E-state index contributed by atoms with van der Waals surface area (Å²) in [5, 5.41) is 12.7. The van der Waals surface area contributed by atoms with Crippen LogP contribution in [0.1, 0.15) is 26.1 Å². The highest BCUT2D eigenvalue weighted by atomic mass is 16.4. The van der Waals surface area contributed by atoms with Gasteiger partial charge in [0.15, 0.2) is 0 Å². The Morgan fingerprint density at radius 1 is 1.56 bits per heavy atom. The van der Waals surface area contributed by atoms with E-state index in [0.717, 1.165) is 18.9 Å². The van der Waals surface area contributed by atoms with E-state index in [1.165, 1.54) is 6.33 Å². The van der Waals surface area contributed by atoms with Crippen molar-refractivity contribution in [3.63, 3.8) is 0 Å². The van der Waals surface area contributed by atoms with E-state index in [0.29, 0.717) is 13.1 Å². The summed E-state index contributed by atoms with van der Waals surface area (Å²) in [4.78, 5) is 16.7. The van der Waals surface area contributed by atoms with E-state index in [-0.39, 0.29) is 6.42 Å². The number of aryl methyl sites for hydroxylation is 1. The zero-order chi connectivity index (χ0) is 12.0. The molecule has 0 unspecified atom stereocenters. The molecular formula is C10H18N4O2. The van der Waals surface area contributed by atoms with Crippen LogP contribution in [0.2, 0.25) is 0 Å². The lowest BCUT2D eigenvalue weighted by Crippen LogP contribution is -2.27. The summed E-state index contributed by atoms with van der Waals surface area (Å²) in [5.74, 6) is 0.116. The number of aromatic nitrogens is 3. The molecule has 0 fully saturated rings. The van der Waals surface area contributed by atoms with Crippen LogP contribution in [-0.2, 0) is 17.9 Å². The van der Waals surface area contributed by atoms with E-state index in [2.05, 4.69) is 10.1 Å². The zero-order valence-corrected chi connectivity index (χ0v) is 9.76. The first-order valence-electron chi connectivity index (χ1n) is 5.48. The van der Waals surface area contributed by atoms with Crippen molar-refractivity contribution < 1.29 is 9.90 Å². The summed E-state index contributed by atoms with van der Waals surface area (Å²) >= 11 is 0. The number of carboxylic acid groups (broad SMARTS) is 1. The van der Waals surface area contributed by atoms with Crippen molar-refractivity contribution in [2.75, 3.05) is 13.1 Å². The lowest BCUT2D eigenvalue weighted by atomic mass is 10.3. The minimum atomic E-state index is -0.768. The van der Waals surface area contributed by atoms with Crippen molar-refractivity contribution in [3.8, 4) is 0 Å². The van der Waals surface area contributed by atoms with E-state index < -0.39 is 5.97 Å². The van der Waals surface area contributed by atoms with Crippen LogP contribution in [0.4, 0.5) is 0 Å². The molecule has 16 heavy (non-hydrogen) atoms. The number of carboxylic acids is 1. The minimum Gasteiger partial charge on any atom is -0.481 e. The molecule has 0 aromatic carbocycles. The third-order valence-corrected chi connectivity index (χ3v) is 2.45. The standard InChI is InChI=1S/C10H18N4O2/c1-3-13(6-5-10(15)16)7-9-11-8-12-14(9)4-2/h8H,3-7H2,1-2H3,(H,15,16). The minimum absolute atomic E-state index is 0.161. The van der Waals surface area contributed by atoms with Crippen LogP contribution < -0.4 is 0 Å². The molecule has 0 bridgehead atoms. The molecule has 0 aliphatic heterocycles. The molecule has 1 aromatic heterocycles. The fraction of sp³-hybridized carbons (Fsp3) is 0.700. The first-order valence-corrected chi connectivity index (χ1v) is 5.48. The second kappa shape index (κ2) is 6.22. The maximum absolute atomic E-state index is 10.5. The second-order valence-corrected chi connectivity index (χ2v) is 3.50. The maximum atomic E-state index is 10.5. The first-order chi connectivity index (χ1) is 7.67. The van der Waals surface area contributed by atoms with Crippen molar-refractivity contribution >= 4 is 5.97 Å². The summed E-state index contributed by atoms with van der Waals surface area (Å²) in [5.41, 5.74) is 0. The van der Waals surface area contributed by atoms with Gasteiger partial charge < -0.3 is 5.11 Å². The molecule has 0 spiro atoms. The quantitative estimate of drug-likeness (QED) is 0.737. The molecule has 6 heteroatoms. The number of hydrogen-bond donors (Lipinski definition) is 1.